The Bertz CT molecular complexity index is 499. The number of aryl methyl sites for hydroxylation is 1. The van der Waals surface area contributed by atoms with Gasteiger partial charge in [-0.1, -0.05) is 6.92 Å². The van der Waals surface area contributed by atoms with Crippen LogP contribution in [0.25, 0.3) is 0 Å². The van der Waals surface area contributed by atoms with Crippen molar-refractivity contribution in [3.8, 4) is 0 Å². The van der Waals surface area contributed by atoms with Crippen LogP contribution in [0.1, 0.15) is 49.5 Å². The molecule has 0 radical (unpaired) electrons. The number of amides is 1. The molecule has 110 valence electrons. The van der Waals surface area contributed by atoms with Gasteiger partial charge in [-0.3, -0.25) is 4.79 Å². The van der Waals surface area contributed by atoms with E-state index in [1.54, 1.807) is 0 Å². The summed E-state index contributed by atoms with van der Waals surface area (Å²) in [6.07, 6.45) is 7.17. The SMILES string of the molecule is CCCn1cc(Br)cc1C(=O)N1C2CCC1CC(N)C2. The maximum absolute atomic E-state index is 12.9. The van der Waals surface area contributed by atoms with Gasteiger partial charge in [0.05, 0.1) is 0 Å². The van der Waals surface area contributed by atoms with Crippen molar-refractivity contribution in [3.63, 3.8) is 0 Å². The van der Waals surface area contributed by atoms with E-state index in [1.807, 2.05) is 12.3 Å². The molecule has 2 atom stereocenters. The predicted molar refractivity (Wildman–Crippen MR) is 82.6 cm³/mol. The maximum Gasteiger partial charge on any atom is 0.271 e. The summed E-state index contributed by atoms with van der Waals surface area (Å²) in [5, 5.41) is 0. The van der Waals surface area contributed by atoms with E-state index in [0.29, 0.717) is 12.1 Å². The minimum Gasteiger partial charge on any atom is -0.342 e. The molecule has 2 unspecified atom stereocenters. The van der Waals surface area contributed by atoms with Gasteiger partial charge in [0.1, 0.15) is 5.69 Å². The molecule has 1 amide bonds. The highest BCUT2D eigenvalue weighted by atomic mass is 79.9. The van der Waals surface area contributed by atoms with Crippen LogP contribution in [0.4, 0.5) is 0 Å². The van der Waals surface area contributed by atoms with Crippen molar-refractivity contribution >= 4 is 21.8 Å². The van der Waals surface area contributed by atoms with E-state index in [0.717, 1.165) is 48.8 Å². The highest BCUT2D eigenvalue weighted by molar-refractivity contribution is 9.10. The molecule has 0 aliphatic carbocycles. The van der Waals surface area contributed by atoms with Gasteiger partial charge in [-0.25, -0.2) is 0 Å². The van der Waals surface area contributed by atoms with Crippen LogP contribution >= 0.6 is 15.9 Å². The number of fused-ring (bicyclic) bond motifs is 2. The third kappa shape index (κ3) is 2.42. The van der Waals surface area contributed by atoms with Crippen molar-refractivity contribution in [2.24, 2.45) is 5.73 Å². The zero-order chi connectivity index (χ0) is 14.3. The average Bonchev–Trinajstić information content (AvgIpc) is 2.88. The molecule has 2 saturated heterocycles. The normalized spacial score (nSPS) is 28.9. The Kier molecular flexibility index (Phi) is 3.91. The molecular formula is C15H22BrN3O. The van der Waals surface area contributed by atoms with Crippen molar-refractivity contribution in [1.29, 1.82) is 0 Å². The van der Waals surface area contributed by atoms with Gasteiger partial charge in [0.2, 0.25) is 0 Å². The molecule has 20 heavy (non-hydrogen) atoms. The first-order valence-electron chi connectivity index (χ1n) is 7.54. The Morgan fingerprint density at radius 3 is 2.65 bits per heavy atom. The molecule has 3 rings (SSSR count). The molecule has 5 heteroatoms. The van der Waals surface area contributed by atoms with E-state index in [1.165, 1.54) is 0 Å². The van der Waals surface area contributed by atoms with Gasteiger partial charge in [0, 0.05) is 35.3 Å². The van der Waals surface area contributed by atoms with Gasteiger partial charge in [0.25, 0.3) is 5.91 Å². The molecule has 2 N–H and O–H groups in total. The summed E-state index contributed by atoms with van der Waals surface area (Å²) in [5.41, 5.74) is 6.90. The summed E-state index contributed by atoms with van der Waals surface area (Å²) >= 11 is 3.49. The molecular weight excluding hydrogens is 318 g/mol. The standard InChI is InChI=1S/C15H22BrN3O/c1-2-5-18-9-10(16)6-14(18)15(20)19-12-3-4-13(19)8-11(17)7-12/h6,9,11-13H,2-5,7-8,17H2,1H3. The number of halogens is 1. The van der Waals surface area contributed by atoms with E-state index < -0.39 is 0 Å². The Balaban J connectivity index is 1.86. The highest BCUT2D eigenvalue weighted by Crippen LogP contribution is 2.36. The second-order valence-electron chi connectivity index (χ2n) is 6.07. The van der Waals surface area contributed by atoms with Crippen LogP contribution < -0.4 is 5.73 Å². The molecule has 4 nitrogen and oxygen atoms in total. The smallest absolute Gasteiger partial charge is 0.271 e. The van der Waals surface area contributed by atoms with E-state index in [4.69, 9.17) is 5.73 Å². The number of carbonyl (C=O) groups is 1. The lowest BCUT2D eigenvalue weighted by Gasteiger charge is -2.37. The summed E-state index contributed by atoms with van der Waals surface area (Å²) in [6, 6.07) is 2.91. The van der Waals surface area contributed by atoms with Crippen molar-refractivity contribution < 1.29 is 4.79 Å². The van der Waals surface area contributed by atoms with Crippen molar-refractivity contribution in [2.75, 3.05) is 0 Å². The van der Waals surface area contributed by atoms with Crippen LogP contribution in [0.15, 0.2) is 16.7 Å². The Morgan fingerprint density at radius 2 is 2.05 bits per heavy atom. The van der Waals surface area contributed by atoms with Gasteiger partial charge in [-0.15, -0.1) is 0 Å². The third-order valence-corrected chi connectivity index (χ3v) is 4.98. The molecule has 2 fully saturated rings. The molecule has 2 aliphatic rings. The van der Waals surface area contributed by atoms with Crippen LogP contribution in [-0.2, 0) is 6.54 Å². The molecule has 0 aromatic carbocycles. The molecule has 1 aromatic rings. The number of aromatic nitrogens is 1. The van der Waals surface area contributed by atoms with Gasteiger partial charge < -0.3 is 15.2 Å². The van der Waals surface area contributed by atoms with Crippen LogP contribution in [0.3, 0.4) is 0 Å². The van der Waals surface area contributed by atoms with E-state index in [9.17, 15) is 4.79 Å². The van der Waals surface area contributed by atoms with Crippen LogP contribution in [0, 0.1) is 0 Å². The minimum absolute atomic E-state index is 0.184. The molecule has 2 aliphatic heterocycles. The summed E-state index contributed by atoms with van der Waals surface area (Å²) in [4.78, 5) is 15.0. The number of piperidine rings is 1. The second-order valence-corrected chi connectivity index (χ2v) is 6.98. The fourth-order valence-corrected chi connectivity index (χ4v) is 4.23. The van der Waals surface area contributed by atoms with Gasteiger partial charge in [0.15, 0.2) is 0 Å². The maximum atomic E-state index is 12.9. The van der Waals surface area contributed by atoms with Gasteiger partial charge >= 0.3 is 0 Å². The Labute approximate surface area is 128 Å². The fourth-order valence-electron chi connectivity index (χ4n) is 3.76. The summed E-state index contributed by atoms with van der Waals surface area (Å²) < 4.78 is 3.05. The predicted octanol–water partition coefficient (Wildman–Crippen LogP) is 2.75. The molecule has 3 heterocycles. The first-order valence-corrected chi connectivity index (χ1v) is 8.33. The number of nitrogens with zero attached hydrogens (tertiary/aromatic N) is 2. The van der Waals surface area contributed by atoms with E-state index in [2.05, 4.69) is 32.3 Å². The van der Waals surface area contributed by atoms with Crippen molar-refractivity contribution in [1.82, 2.24) is 9.47 Å². The molecule has 1 aromatic heterocycles. The number of hydrogen-bond donors (Lipinski definition) is 1. The number of hydrogen-bond acceptors (Lipinski definition) is 2. The number of rotatable bonds is 3. The monoisotopic (exact) mass is 339 g/mol. The van der Waals surface area contributed by atoms with Gasteiger partial charge in [-0.05, 0) is 54.1 Å². The third-order valence-electron chi connectivity index (χ3n) is 4.55. The highest BCUT2D eigenvalue weighted by Gasteiger charge is 2.43. The Morgan fingerprint density at radius 1 is 1.40 bits per heavy atom. The lowest BCUT2D eigenvalue weighted by atomic mass is 9.98. The summed E-state index contributed by atoms with van der Waals surface area (Å²) in [5.74, 6) is 0.184. The number of nitrogens with two attached hydrogens (primary N) is 1. The van der Waals surface area contributed by atoms with E-state index >= 15 is 0 Å². The fraction of sp³-hybridized carbons (Fsp3) is 0.667. The second kappa shape index (κ2) is 5.53. The topological polar surface area (TPSA) is 51.3 Å². The number of carbonyl (C=O) groups excluding carboxylic acids is 1. The van der Waals surface area contributed by atoms with Crippen LogP contribution in [0.5, 0.6) is 0 Å². The summed E-state index contributed by atoms with van der Waals surface area (Å²) in [7, 11) is 0. The van der Waals surface area contributed by atoms with Crippen molar-refractivity contribution in [3.05, 3.63) is 22.4 Å². The molecule has 0 saturated carbocycles. The van der Waals surface area contributed by atoms with E-state index in [-0.39, 0.29) is 11.9 Å². The lowest BCUT2D eigenvalue weighted by molar-refractivity contribution is 0.0564. The first-order chi connectivity index (χ1) is 9.60. The van der Waals surface area contributed by atoms with Crippen LogP contribution in [0.2, 0.25) is 0 Å². The first kappa shape index (κ1) is 14.1. The van der Waals surface area contributed by atoms with Crippen LogP contribution in [-0.4, -0.2) is 33.5 Å². The van der Waals surface area contributed by atoms with Gasteiger partial charge in [-0.2, -0.15) is 0 Å². The zero-order valence-electron chi connectivity index (χ0n) is 11.9. The zero-order valence-corrected chi connectivity index (χ0v) is 13.5. The molecule has 0 spiro atoms. The minimum atomic E-state index is 0.184. The lowest BCUT2D eigenvalue weighted by Crippen LogP contribution is -2.50. The summed E-state index contributed by atoms with van der Waals surface area (Å²) in [6.45, 7) is 3.02. The quantitative estimate of drug-likeness (QED) is 0.920. The largest absolute Gasteiger partial charge is 0.342 e. The molecule has 2 bridgehead atoms. The van der Waals surface area contributed by atoms with Crippen molar-refractivity contribution in [2.45, 2.75) is 63.7 Å². The Hall–Kier alpha value is -0.810. The average molecular weight is 340 g/mol.